The zero-order chi connectivity index (χ0) is 15.9. The molecule has 6 heteroatoms. The Morgan fingerprint density at radius 1 is 1.18 bits per heavy atom. The van der Waals surface area contributed by atoms with Crippen molar-refractivity contribution in [1.82, 2.24) is 5.06 Å². The van der Waals surface area contributed by atoms with Gasteiger partial charge < -0.3 is 9.47 Å². The van der Waals surface area contributed by atoms with E-state index in [0.717, 1.165) is 10.6 Å². The summed E-state index contributed by atoms with van der Waals surface area (Å²) in [5, 5.41) is 1.05. The molecule has 0 fully saturated rings. The van der Waals surface area contributed by atoms with Gasteiger partial charge in [0.25, 0.3) is 0 Å². The second-order valence-electron chi connectivity index (χ2n) is 4.77. The minimum atomic E-state index is -0.930. The van der Waals surface area contributed by atoms with Gasteiger partial charge in [-0.15, -0.1) is 0 Å². The molecular formula is C16H19NO5. The van der Waals surface area contributed by atoms with Crippen LogP contribution in [0.25, 0.3) is 0 Å². The SMILES string of the molecule is CCOC(=O)[C@@H]1C=C[C@H](C)N(C(=O)OCc2ccccc2)O1. The lowest BCUT2D eigenvalue weighted by Crippen LogP contribution is -2.45. The summed E-state index contributed by atoms with van der Waals surface area (Å²) in [6.07, 6.45) is 1.70. The van der Waals surface area contributed by atoms with Crippen LogP contribution in [-0.4, -0.2) is 35.9 Å². The standard InChI is InChI=1S/C16H19NO5/c1-3-20-15(18)14-10-9-12(2)17(22-14)16(19)21-11-13-7-5-4-6-8-13/h4-10,12,14H,3,11H2,1-2H3/t12-,14-/m0/s1. The summed E-state index contributed by atoms with van der Waals surface area (Å²) in [6, 6.07) is 9.00. The molecule has 0 saturated heterocycles. The van der Waals surface area contributed by atoms with Crippen molar-refractivity contribution in [3.63, 3.8) is 0 Å². The van der Waals surface area contributed by atoms with E-state index in [-0.39, 0.29) is 19.3 Å². The van der Waals surface area contributed by atoms with Crippen molar-refractivity contribution < 1.29 is 23.9 Å². The molecule has 0 N–H and O–H groups in total. The molecule has 22 heavy (non-hydrogen) atoms. The Morgan fingerprint density at radius 2 is 1.91 bits per heavy atom. The molecule has 118 valence electrons. The van der Waals surface area contributed by atoms with Crippen LogP contribution in [0.4, 0.5) is 4.79 Å². The summed E-state index contributed by atoms with van der Waals surface area (Å²) < 4.78 is 10.1. The molecule has 0 aromatic heterocycles. The van der Waals surface area contributed by atoms with Gasteiger partial charge in [-0.05, 0) is 25.5 Å². The number of hydroxylamine groups is 2. The van der Waals surface area contributed by atoms with Gasteiger partial charge in [-0.3, -0.25) is 0 Å². The third kappa shape index (κ3) is 4.08. The van der Waals surface area contributed by atoms with Crippen molar-refractivity contribution in [1.29, 1.82) is 0 Å². The van der Waals surface area contributed by atoms with Gasteiger partial charge >= 0.3 is 12.1 Å². The first-order valence-electron chi connectivity index (χ1n) is 7.13. The number of hydrogen-bond acceptors (Lipinski definition) is 5. The van der Waals surface area contributed by atoms with E-state index >= 15 is 0 Å². The normalized spacial score (nSPS) is 20.5. The smallest absolute Gasteiger partial charge is 0.434 e. The molecule has 0 saturated carbocycles. The molecule has 1 aliphatic heterocycles. The Labute approximate surface area is 129 Å². The topological polar surface area (TPSA) is 65.1 Å². The zero-order valence-corrected chi connectivity index (χ0v) is 12.6. The van der Waals surface area contributed by atoms with Crippen LogP contribution in [0.5, 0.6) is 0 Å². The zero-order valence-electron chi connectivity index (χ0n) is 12.6. The Hall–Kier alpha value is -2.34. The fourth-order valence-corrected chi connectivity index (χ4v) is 1.93. The number of amides is 1. The van der Waals surface area contributed by atoms with Gasteiger partial charge in [-0.2, -0.15) is 5.06 Å². The largest absolute Gasteiger partial charge is 0.464 e. The van der Waals surface area contributed by atoms with Crippen molar-refractivity contribution in [3.05, 3.63) is 48.0 Å². The van der Waals surface area contributed by atoms with Gasteiger partial charge in [0.2, 0.25) is 6.10 Å². The van der Waals surface area contributed by atoms with Gasteiger partial charge in [0.1, 0.15) is 6.61 Å². The van der Waals surface area contributed by atoms with Gasteiger partial charge in [0.15, 0.2) is 0 Å². The molecule has 2 atom stereocenters. The Bertz CT molecular complexity index is 543. The number of carbonyl (C=O) groups is 2. The van der Waals surface area contributed by atoms with Crippen LogP contribution in [0.2, 0.25) is 0 Å². The maximum atomic E-state index is 12.1. The van der Waals surface area contributed by atoms with Crippen LogP contribution in [-0.2, 0) is 25.7 Å². The average Bonchev–Trinajstić information content (AvgIpc) is 2.54. The van der Waals surface area contributed by atoms with Crippen LogP contribution in [0, 0.1) is 0 Å². The third-order valence-electron chi connectivity index (χ3n) is 3.07. The van der Waals surface area contributed by atoms with Gasteiger partial charge in [-0.1, -0.05) is 36.4 Å². The molecule has 0 radical (unpaired) electrons. The first kappa shape index (κ1) is 16.0. The van der Waals surface area contributed by atoms with Crippen LogP contribution in [0.3, 0.4) is 0 Å². The highest BCUT2D eigenvalue weighted by molar-refractivity contribution is 5.77. The Morgan fingerprint density at radius 3 is 2.59 bits per heavy atom. The molecule has 0 bridgehead atoms. The van der Waals surface area contributed by atoms with Crippen molar-refractivity contribution in [3.8, 4) is 0 Å². The number of esters is 1. The monoisotopic (exact) mass is 305 g/mol. The fraction of sp³-hybridized carbons (Fsp3) is 0.375. The molecule has 0 unspecified atom stereocenters. The molecule has 6 nitrogen and oxygen atoms in total. The second-order valence-corrected chi connectivity index (χ2v) is 4.77. The van der Waals surface area contributed by atoms with Crippen LogP contribution < -0.4 is 0 Å². The van der Waals surface area contributed by atoms with E-state index in [0.29, 0.717) is 0 Å². The molecule has 1 amide bonds. The van der Waals surface area contributed by atoms with Crippen LogP contribution >= 0.6 is 0 Å². The number of hydrogen-bond donors (Lipinski definition) is 0. The van der Waals surface area contributed by atoms with Gasteiger partial charge in [-0.25, -0.2) is 14.4 Å². The van der Waals surface area contributed by atoms with E-state index in [9.17, 15) is 9.59 Å². The number of benzene rings is 1. The molecular weight excluding hydrogens is 286 g/mol. The van der Waals surface area contributed by atoms with E-state index in [1.807, 2.05) is 30.3 Å². The minimum Gasteiger partial charge on any atom is -0.464 e. The molecule has 1 aromatic carbocycles. The highest BCUT2D eigenvalue weighted by Gasteiger charge is 2.32. The van der Waals surface area contributed by atoms with E-state index < -0.39 is 18.2 Å². The van der Waals surface area contributed by atoms with Crippen molar-refractivity contribution >= 4 is 12.1 Å². The summed E-state index contributed by atoms with van der Waals surface area (Å²) in [5.74, 6) is -0.536. The third-order valence-corrected chi connectivity index (χ3v) is 3.07. The fourth-order valence-electron chi connectivity index (χ4n) is 1.93. The van der Waals surface area contributed by atoms with E-state index in [1.165, 1.54) is 0 Å². The number of carbonyl (C=O) groups excluding carboxylic acids is 2. The quantitative estimate of drug-likeness (QED) is 0.631. The highest BCUT2D eigenvalue weighted by atomic mass is 16.7. The lowest BCUT2D eigenvalue weighted by atomic mass is 10.2. The summed E-state index contributed by atoms with van der Waals surface area (Å²) in [5.41, 5.74) is 0.873. The lowest BCUT2D eigenvalue weighted by molar-refractivity contribution is -0.200. The molecule has 0 spiro atoms. The molecule has 2 rings (SSSR count). The average molecular weight is 305 g/mol. The van der Waals surface area contributed by atoms with Gasteiger partial charge in [0, 0.05) is 0 Å². The van der Waals surface area contributed by atoms with Crippen LogP contribution in [0.1, 0.15) is 19.4 Å². The molecule has 1 aromatic rings. The molecule has 1 heterocycles. The van der Waals surface area contributed by atoms with E-state index in [2.05, 4.69) is 0 Å². The van der Waals surface area contributed by atoms with Crippen molar-refractivity contribution in [2.24, 2.45) is 0 Å². The maximum Gasteiger partial charge on any atom is 0.434 e. The van der Waals surface area contributed by atoms with E-state index in [1.54, 1.807) is 26.0 Å². The summed E-state index contributed by atoms with van der Waals surface area (Å²) in [4.78, 5) is 29.1. The lowest BCUT2D eigenvalue weighted by Gasteiger charge is -2.31. The van der Waals surface area contributed by atoms with Gasteiger partial charge in [0.05, 0.1) is 12.6 Å². The maximum absolute atomic E-state index is 12.1. The molecule has 0 aliphatic carbocycles. The Kier molecular flexibility index (Phi) is 5.55. The highest BCUT2D eigenvalue weighted by Crippen LogP contribution is 2.16. The van der Waals surface area contributed by atoms with E-state index in [4.69, 9.17) is 14.3 Å². The second kappa shape index (κ2) is 7.61. The first-order chi connectivity index (χ1) is 10.6. The first-order valence-corrected chi connectivity index (χ1v) is 7.13. The predicted molar refractivity (Wildman–Crippen MR) is 78.6 cm³/mol. The number of ether oxygens (including phenoxy) is 2. The number of rotatable bonds is 4. The molecule has 1 aliphatic rings. The number of nitrogens with zero attached hydrogens (tertiary/aromatic N) is 1. The van der Waals surface area contributed by atoms with Crippen molar-refractivity contribution in [2.75, 3.05) is 6.61 Å². The summed E-state index contributed by atoms with van der Waals surface area (Å²) in [7, 11) is 0. The Balaban J connectivity index is 1.93. The summed E-state index contributed by atoms with van der Waals surface area (Å²) >= 11 is 0. The van der Waals surface area contributed by atoms with Crippen LogP contribution in [0.15, 0.2) is 42.5 Å². The van der Waals surface area contributed by atoms with Crippen molar-refractivity contribution in [2.45, 2.75) is 32.6 Å². The predicted octanol–water partition coefficient (Wildman–Crippen LogP) is 2.45. The summed E-state index contributed by atoms with van der Waals surface area (Å²) in [6.45, 7) is 3.86. The minimum absolute atomic E-state index is 0.139.